The summed E-state index contributed by atoms with van der Waals surface area (Å²) < 4.78 is 1.07. The monoisotopic (exact) mass is 331 g/mol. The van der Waals surface area contributed by atoms with E-state index >= 15 is 0 Å². The molecule has 0 fully saturated rings. The summed E-state index contributed by atoms with van der Waals surface area (Å²) in [5.41, 5.74) is 2.41. The van der Waals surface area contributed by atoms with Crippen LogP contribution in [0.3, 0.4) is 0 Å². The van der Waals surface area contributed by atoms with Crippen LogP contribution in [0.15, 0.2) is 40.5 Å². The van der Waals surface area contributed by atoms with Crippen LogP contribution in [-0.4, -0.2) is 17.9 Å². The standard InChI is InChI=1S/C17H18BrNO/c1-19-13-15(9-12-17(19)20)6-4-2-3-5-14-7-10-16(18)11-8-14/h7-8,10-11,13H,2,4,6,9,12H2,1H3. The van der Waals surface area contributed by atoms with Gasteiger partial charge in [-0.1, -0.05) is 33.3 Å². The van der Waals surface area contributed by atoms with Crippen LogP contribution >= 0.6 is 15.9 Å². The third kappa shape index (κ3) is 4.54. The first-order valence-electron chi connectivity index (χ1n) is 6.85. The van der Waals surface area contributed by atoms with Crippen molar-refractivity contribution in [2.24, 2.45) is 0 Å². The van der Waals surface area contributed by atoms with Gasteiger partial charge < -0.3 is 4.90 Å². The molecule has 0 saturated heterocycles. The maximum Gasteiger partial charge on any atom is 0.226 e. The summed E-state index contributed by atoms with van der Waals surface area (Å²) in [6, 6.07) is 8.04. The fourth-order valence-electron chi connectivity index (χ4n) is 2.15. The van der Waals surface area contributed by atoms with E-state index < -0.39 is 0 Å². The van der Waals surface area contributed by atoms with Crippen LogP contribution in [0.5, 0.6) is 0 Å². The van der Waals surface area contributed by atoms with E-state index in [1.54, 1.807) is 4.90 Å². The Hall–Kier alpha value is -1.53. The number of unbranched alkanes of at least 4 members (excludes halogenated alkanes) is 1. The minimum atomic E-state index is 0.212. The molecule has 1 aromatic carbocycles. The molecule has 0 aliphatic carbocycles. The van der Waals surface area contributed by atoms with Crippen LogP contribution in [0.4, 0.5) is 0 Å². The molecular weight excluding hydrogens is 314 g/mol. The van der Waals surface area contributed by atoms with Gasteiger partial charge in [0.25, 0.3) is 0 Å². The molecule has 1 aliphatic rings. The molecule has 1 aromatic rings. The number of hydrogen-bond acceptors (Lipinski definition) is 1. The highest BCUT2D eigenvalue weighted by Crippen LogP contribution is 2.19. The zero-order valence-electron chi connectivity index (χ0n) is 11.7. The van der Waals surface area contributed by atoms with Crippen LogP contribution in [-0.2, 0) is 4.79 Å². The highest BCUT2D eigenvalue weighted by Gasteiger charge is 2.14. The van der Waals surface area contributed by atoms with E-state index in [9.17, 15) is 4.79 Å². The molecule has 0 radical (unpaired) electrons. The van der Waals surface area contributed by atoms with E-state index in [2.05, 4.69) is 27.8 Å². The van der Waals surface area contributed by atoms with Gasteiger partial charge in [-0.15, -0.1) is 0 Å². The van der Waals surface area contributed by atoms with E-state index in [-0.39, 0.29) is 5.91 Å². The molecule has 2 rings (SSSR count). The second-order valence-corrected chi connectivity index (χ2v) is 5.87. The Morgan fingerprint density at radius 1 is 1.25 bits per heavy atom. The van der Waals surface area contributed by atoms with Crippen LogP contribution < -0.4 is 0 Å². The van der Waals surface area contributed by atoms with Gasteiger partial charge in [0, 0.05) is 36.1 Å². The van der Waals surface area contributed by atoms with Crippen molar-refractivity contribution in [2.75, 3.05) is 7.05 Å². The van der Waals surface area contributed by atoms with Gasteiger partial charge in [0.1, 0.15) is 0 Å². The maximum atomic E-state index is 11.4. The van der Waals surface area contributed by atoms with Gasteiger partial charge in [-0.2, -0.15) is 0 Å². The fourth-order valence-corrected chi connectivity index (χ4v) is 2.41. The summed E-state index contributed by atoms with van der Waals surface area (Å²) in [5, 5.41) is 0. The van der Waals surface area contributed by atoms with Crippen molar-refractivity contribution in [3.8, 4) is 11.8 Å². The summed E-state index contributed by atoms with van der Waals surface area (Å²) in [6.07, 6.45) is 6.51. The molecule has 0 aromatic heterocycles. The number of allylic oxidation sites excluding steroid dienone is 1. The van der Waals surface area contributed by atoms with Gasteiger partial charge in [0.2, 0.25) is 5.91 Å². The number of hydrogen-bond donors (Lipinski definition) is 0. The molecule has 1 aliphatic heterocycles. The molecule has 0 atom stereocenters. The second-order valence-electron chi connectivity index (χ2n) is 4.95. The highest BCUT2D eigenvalue weighted by atomic mass is 79.9. The number of amides is 1. The van der Waals surface area contributed by atoms with E-state index in [1.807, 2.05) is 37.5 Å². The third-order valence-corrected chi connectivity index (χ3v) is 3.83. The Morgan fingerprint density at radius 2 is 2.00 bits per heavy atom. The lowest BCUT2D eigenvalue weighted by Gasteiger charge is -2.20. The number of benzene rings is 1. The maximum absolute atomic E-state index is 11.4. The Balaban J connectivity index is 1.76. The Labute approximate surface area is 129 Å². The molecule has 104 valence electrons. The molecule has 0 N–H and O–H groups in total. The first-order valence-corrected chi connectivity index (χ1v) is 7.64. The molecule has 0 bridgehead atoms. The molecule has 0 saturated carbocycles. The van der Waals surface area contributed by atoms with Gasteiger partial charge in [0.05, 0.1) is 0 Å². The van der Waals surface area contributed by atoms with Crippen molar-refractivity contribution in [3.05, 3.63) is 46.1 Å². The van der Waals surface area contributed by atoms with Crippen molar-refractivity contribution in [3.63, 3.8) is 0 Å². The lowest BCUT2D eigenvalue weighted by atomic mass is 10.0. The van der Waals surface area contributed by atoms with E-state index in [0.29, 0.717) is 6.42 Å². The normalized spacial score (nSPS) is 14.6. The highest BCUT2D eigenvalue weighted by molar-refractivity contribution is 9.10. The third-order valence-electron chi connectivity index (χ3n) is 3.31. The Bertz CT molecular complexity index is 563. The Morgan fingerprint density at radius 3 is 2.70 bits per heavy atom. The van der Waals surface area contributed by atoms with Crippen molar-refractivity contribution >= 4 is 21.8 Å². The summed E-state index contributed by atoms with van der Waals surface area (Å²) in [5.74, 6) is 6.59. The number of nitrogens with zero attached hydrogens (tertiary/aromatic N) is 1. The predicted octanol–water partition coefficient (Wildman–Crippen LogP) is 4.11. The van der Waals surface area contributed by atoms with Gasteiger partial charge in [-0.3, -0.25) is 4.79 Å². The number of carbonyl (C=O) groups is 1. The number of halogens is 1. The van der Waals surface area contributed by atoms with Crippen molar-refractivity contribution in [2.45, 2.75) is 32.1 Å². The van der Waals surface area contributed by atoms with Crippen molar-refractivity contribution in [1.82, 2.24) is 4.90 Å². The quantitative estimate of drug-likeness (QED) is 0.603. The number of rotatable bonds is 3. The van der Waals surface area contributed by atoms with Gasteiger partial charge in [-0.05, 0) is 43.5 Å². The molecule has 3 heteroatoms. The fraction of sp³-hybridized carbons (Fsp3) is 0.353. The summed E-state index contributed by atoms with van der Waals surface area (Å²) in [6.45, 7) is 0. The molecule has 0 spiro atoms. The Kier molecular flexibility index (Phi) is 5.43. The smallest absolute Gasteiger partial charge is 0.226 e. The molecule has 1 amide bonds. The minimum Gasteiger partial charge on any atom is -0.322 e. The van der Waals surface area contributed by atoms with Crippen LogP contribution in [0.25, 0.3) is 0 Å². The summed E-state index contributed by atoms with van der Waals surface area (Å²) >= 11 is 3.41. The predicted molar refractivity (Wildman–Crippen MR) is 85.0 cm³/mol. The number of carbonyl (C=O) groups excluding carboxylic acids is 1. The first kappa shape index (κ1) is 14.9. The van der Waals surface area contributed by atoms with E-state index in [1.165, 1.54) is 5.57 Å². The zero-order valence-corrected chi connectivity index (χ0v) is 13.2. The second kappa shape index (κ2) is 7.31. The summed E-state index contributed by atoms with van der Waals surface area (Å²) in [4.78, 5) is 13.1. The van der Waals surface area contributed by atoms with E-state index in [4.69, 9.17) is 0 Å². The van der Waals surface area contributed by atoms with Crippen LogP contribution in [0.2, 0.25) is 0 Å². The molecule has 2 nitrogen and oxygen atoms in total. The van der Waals surface area contributed by atoms with Gasteiger partial charge in [0.15, 0.2) is 0 Å². The lowest BCUT2D eigenvalue weighted by Crippen LogP contribution is -2.24. The van der Waals surface area contributed by atoms with E-state index in [0.717, 1.165) is 35.7 Å². The topological polar surface area (TPSA) is 20.3 Å². The van der Waals surface area contributed by atoms with Crippen LogP contribution in [0, 0.1) is 11.8 Å². The molecule has 0 unspecified atom stereocenters. The van der Waals surface area contributed by atoms with Gasteiger partial charge >= 0.3 is 0 Å². The van der Waals surface area contributed by atoms with Crippen LogP contribution in [0.1, 0.15) is 37.7 Å². The average Bonchev–Trinajstić information content (AvgIpc) is 2.44. The largest absolute Gasteiger partial charge is 0.322 e. The first-order chi connectivity index (χ1) is 9.65. The minimum absolute atomic E-state index is 0.212. The molecular formula is C17H18BrNO. The SMILES string of the molecule is CN1C=C(CCCC#Cc2ccc(Br)cc2)CCC1=O. The van der Waals surface area contributed by atoms with Crippen molar-refractivity contribution in [1.29, 1.82) is 0 Å². The van der Waals surface area contributed by atoms with Crippen molar-refractivity contribution < 1.29 is 4.79 Å². The average molecular weight is 332 g/mol. The zero-order chi connectivity index (χ0) is 14.4. The summed E-state index contributed by atoms with van der Waals surface area (Å²) in [7, 11) is 1.83. The van der Waals surface area contributed by atoms with Gasteiger partial charge in [-0.25, -0.2) is 0 Å². The molecule has 1 heterocycles. The lowest BCUT2D eigenvalue weighted by molar-refractivity contribution is -0.128. The molecule has 20 heavy (non-hydrogen) atoms.